The number of ether oxygens (including phenoxy) is 4. The van der Waals surface area contributed by atoms with Crippen LogP contribution in [0.5, 0.6) is 0 Å². The van der Waals surface area contributed by atoms with Crippen LogP contribution in [0.4, 0.5) is 0 Å². The second-order valence-corrected chi connectivity index (χ2v) is 25.9. The molecule has 0 saturated carbocycles. The molecule has 3 unspecified atom stereocenters. The SMILES string of the molecule is CCCCCCCCCCCCCCCCC(=O)O[C@H](COC(=O)CCCCCCCCCCCCC)COP(=O)(O)OC[C@@H](O)COP(=O)(O)OC[C@@H](COC(=O)CCCCCCCCC)OC(=O)CCCCCCCCC(C)CC. The van der Waals surface area contributed by atoms with E-state index in [-0.39, 0.29) is 25.7 Å². The van der Waals surface area contributed by atoms with Gasteiger partial charge in [-0.3, -0.25) is 37.3 Å². The molecule has 0 rings (SSSR count). The van der Waals surface area contributed by atoms with Gasteiger partial charge in [-0.2, -0.15) is 0 Å². The van der Waals surface area contributed by atoms with E-state index in [2.05, 4.69) is 34.6 Å². The second-order valence-electron chi connectivity index (χ2n) is 23.0. The Hall–Kier alpha value is -1.94. The molecule has 486 valence electrons. The molecule has 0 spiro atoms. The predicted octanol–water partition coefficient (Wildman–Crippen LogP) is 17.4. The third-order valence-corrected chi connectivity index (χ3v) is 16.8. The molecular formula is C63H122O17P2. The van der Waals surface area contributed by atoms with Gasteiger partial charge in [0.05, 0.1) is 26.4 Å². The lowest BCUT2D eigenvalue weighted by Crippen LogP contribution is -2.30. The molecule has 0 bridgehead atoms. The normalized spacial score (nSPS) is 14.6. The van der Waals surface area contributed by atoms with Gasteiger partial charge in [-0.05, 0) is 31.6 Å². The summed E-state index contributed by atoms with van der Waals surface area (Å²) >= 11 is 0. The fourth-order valence-electron chi connectivity index (χ4n) is 9.37. The summed E-state index contributed by atoms with van der Waals surface area (Å²) in [6, 6.07) is 0. The Labute approximate surface area is 498 Å². The van der Waals surface area contributed by atoms with Gasteiger partial charge in [0.15, 0.2) is 12.2 Å². The van der Waals surface area contributed by atoms with Gasteiger partial charge in [0.25, 0.3) is 0 Å². The molecule has 0 aromatic rings. The van der Waals surface area contributed by atoms with Gasteiger partial charge in [-0.25, -0.2) is 9.13 Å². The minimum atomic E-state index is -4.94. The molecule has 19 heteroatoms. The third-order valence-electron chi connectivity index (χ3n) is 14.9. The molecule has 0 radical (unpaired) electrons. The van der Waals surface area contributed by atoms with E-state index < -0.39 is 97.5 Å². The van der Waals surface area contributed by atoms with E-state index in [4.69, 9.17) is 37.0 Å². The monoisotopic (exact) mass is 1210 g/mol. The molecule has 0 aromatic heterocycles. The number of unbranched alkanes of at least 4 members (excludes halogenated alkanes) is 34. The maximum Gasteiger partial charge on any atom is 0.472 e. The average Bonchev–Trinajstić information content (AvgIpc) is 3.46. The van der Waals surface area contributed by atoms with Crippen molar-refractivity contribution in [1.82, 2.24) is 0 Å². The number of aliphatic hydroxyl groups is 1. The Balaban J connectivity index is 5.22. The molecule has 0 heterocycles. The summed E-state index contributed by atoms with van der Waals surface area (Å²) in [4.78, 5) is 72.0. The van der Waals surface area contributed by atoms with Crippen molar-refractivity contribution in [3.63, 3.8) is 0 Å². The first-order valence-electron chi connectivity index (χ1n) is 33.2. The number of aliphatic hydroxyl groups excluding tert-OH is 1. The van der Waals surface area contributed by atoms with Crippen molar-refractivity contribution >= 4 is 39.5 Å². The van der Waals surface area contributed by atoms with E-state index >= 15 is 0 Å². The molecule has 0 amide bonds. The number of carbonyl (C=O) groups is 4. The first kappa shape index (κ1) is 80.1. The van der Waals surface area contributed by atoms with Crippen molar-refractivity contribution in [3.8, 4) is 0 Å². The van der Waals surface area contributed by atoms with Crippen molar-refractivity contribution in [2.24, 2.45) is 5.92 Å². The van der Waals surface area contributed by atoms with Crippen LogP contribution in [-0.2, 0) is 65.4 Å². The summed E-state index contributed by atoms with van der Waals surface area (Å²) in [6.45, 7) is 7.10. The second kappa shape index (κ2) is 56.8. The molecule has 0 saturated heterocycles. The Morgan fingerprint density at radius 3 is 0.866 bits per heavy atom. The van der Waals surface area contributed by atoms with Crippen molar-refractivity contribution < 1.29 is 80.2 Å². The molecule has 17 nitrogen and oxygen atoms in total. The topological polar surface area (TPSA) is 237 Å². The smallest absolute Gasteiger partial charge is 0.462 e. The highest BCUT2D eigenvalue weighted by Gasteiger charge is 2.30. The maximum absolute atomic E-state index is 13.0. The van der Waals surface area contributed by atoms with Crippen LogP contribution in [0, 0.1) is 5.92 Å². The lowest BCUT2D eigenvalue weighted by Gasteiger charge is -2.21. The van der Waals surface area contributed by atoms with Crippen LogP contribution in [0.25, 0.3) is 0 Å². The van der Waals surface area contributed by atoms with Gasteiger partial charge in [-0.15, -0.1) is 0 Å². The molecule has 0 aliphatic carbocycles. The highest BCUT2D eigenvalue weighted by atomic mass is 31.2. The quantitative estimate of drug-likeness (QED) is 0.0222. The third kappa shape index (κ3) is 55.9. The standard InChI is InChI=1S/C63H122O17P2/c1-6-10-13-16-19-21-23-24-25-27-29-32-38-43-48-62(67)79-58(53-74-61(66)47-42-37-31-28-26-22-20-17-14-11-7-2)54-77-81(69,70)75-50-57(64)51-76-82(71,72)78-55-59(52-73-60(65)46-41-36-30-18-15-12-8-3)80-63(68)49-44-39-34-33-35-40-45-56(5)9-4/h56-59,64H,6-55H2,1-5H3,(H,69,70)(H,71,72)/t56?,57-,58-,59-/m1/s1. The first-order valence-corrected chi connectivity index (χ1v) is 36.2. The van der Waals surface area contributed by atoms with E-state index in [1.807, 2.05) is 0 Å². The minimum Gasteiger partial charge on any atom is -0.462 e. The van der Waals surface area contributed by atoms with E-state index in [1.54, 1.807) is 0 Å². The number of hydrogen-bond donors (Lipinski definition) is 3. The van der Waals surface area contributed by atoms with Gasteiger partial charge in [0.2, 0.25) is 0 Å². The summed E-state index contributed by atoms with van der Waals surface area (Å²) in [6.07, 6.45) is 40.4. The molecule has 0 aliphatic heterocycles. The van der Waals surface area contributed by atoms with Gasteiger partial charge in [0, 0.05) is 25.7 Å². The van der Waals surface area contributed by atoms with E-state index in [0.717, 1.165) is 109 Å². The van der Waals surface area contributed by atoms with Crippen molar-refractivity contribution in [2.45, 2.75) is 335 Å². The zero-order chi connectivity index (χ0) is 60.6. The number of esters is 4. The highest BCUT2D eigenvalue weighted by Crippen LogP contribution is 2.45. The van der Waals surface area contributed by atoms with Crippen LogP contribution in [0.2, 0.25) is 0 Å². The Kier molecular flexibility index (Phi) is 55.5. The number of phosphoric acid groups is 2. The summed E-state index contributed by atoms with van der Waals surface area (Å²) in [5.74, 6) is -1.42. The van der Waals surface area contributed by atoms with Gasteiger partial charge >= 0.3 is 39.5 Å². The Morgan fingerprint density at radius 1 is 0.341 bits per heavy atom. The molecule has 0 aromatic carbocycles. The Morgan fingerprint density at radius 2 is 0.585 bits per heavy atom. The van der Waals surface area contributed by atoms with Crippen LogP contribution in [0.3, 0.4) is 0 Å². The summed E-state index contributed by atoms with van der Waals surface area (Å²) in [5.41, 5.74) is 0. The van der Waals surface area contributed by atoms with Crippen LogP contribution in [-0.4, -0.2) is 96.7 Å². The van der Waals surface area contributed by atoms with Crippen molar-refractivity contribution in [2.75, 3.05) is 39.6 Å². The fourth-order valence-corrected chi connectivity index (χ4v) is 11.0. The average molecular weight is 1210 g/mol. The largest absolute Gasteiger partial charge is 0.472 e. The van der Waals surface area contributed by atoms with Gasteiger partial charge < -0.3 is 33.8 Å². The first-order chi connectivity index (χ1) is 39.6. The van der Waals surface area contributed by atoms with Crippen LogP contribution >= 0.6 is 15.6 Å². The molecule has 3 N–H and O–H groups in total. The summed E-state index contributed by atoms with van der Waals surface area (Å²) < 4.78 is 67.9. The molecule has 0 fully saturated rings. The zero-order valence-corrected chi connectivity index (χ0v) is 54.4. The molecule has 82 heavy (non-hydrogen) atoms. The van der Waals surface area contributed by atoms with E-state index in [0.29, 0.717) is 25.7 Å². The minimum absolute atomic E-state index is 0.103. The van der Waals surface area contributed by atoms with Crippen molar-refractivity contribution in [3.05, 3.63) is 0 Å². The fraction of sp³-hybridized carbons (Fsp3) is 0.937. The zero-order valence-electron chi connectivity index (χ0n) is 52.6. The van der Waals surface area contributed by atoms with Gasteiger partial charge in [-0.1, -0.05) is 266 Å². The number of carbonyl (C=O) groups excluding carboxylic acids is 4. The lowest BCUT2D eigenvalue weighted by atomic mass is 10.00. The van der Waals surface area contributed by atoms with Crippen molar-refractivity contribution in [1.29, 1.82) is 0 Å². The van der Waals surface area contributed by atoms with Gasteiger partial charge in [0.1, 0.15) is 19.3 Å². The number of hydrogen-bond acceptors (Lipinski definition) is 15. The molecular weight excluding hydrogens is 1090 g/mol. The maximum atomic E-state index is 13.0. The lowest BCUT2D eigenvalue weighted by molar-refractivity contribution is -0.161. The molecule has 0 aliphatic rings. The van der Waals surface area contributed by atoms with Crippen LogP contribution in [0.15, 0.2) is 0 Å². The van der Waals surface area contributed by atoms with E-state index in [9.17, 15) is 43.2 Å². The number of rotatable bonds is 63. The molecule has 6 atom stereocenters. The van der Waals surface area contributed by atoms with E-state index in [1.165, 1.54) is 128 Å². The summed E-state index contributed by atoms with van der Waals surface area (Å²) in [5, 5.41) is 10.5. The number of phosphoric ester groups is 2. The van der Waals surface area contributed by atoms with Crippen LogP contribution < -0.4 is 0 Å². The summed E-state index contributed by atoms with van der Waals surface area (Å²) in [7, 11) is -9.88. The predicted molar refractivity (Wildman–Crippen MR) is 326 cm³/mol. The highest BCUT2D eigenvalue weighted by molar-refractivity contribution is 7.47. The van der Waals surface area contributed by atoms with Crippen LogP contribution in [0.1, 0.15) is 317 Å². The Bertz CT molecular complexity index is 1600.